The van der Waals surface area contributed by atoms with Crippen molar-refractivity contribution in [1.82, 2.24) is 0 Å². The van der Waals surface area contributed by atoms with E-state index in [4.69, 9.17) is 9.47 Å². The summed E-state index contributed by atoms with van der Waals surface area (Å²) >= 11 is 0. The van der Waals surface area contributed by atoms with Crippen molar-refractivity contribution in [3.8, 4) is 11.5 Å². The van der Waals surface area contributed by atoms with Crippen molar-refractivity contribution in [3.05, 3.63) is 36.9 Å². The fourth-order valence-corrected chi connectivity index (χ4v) is 1.93. The van der Waals surface area contributed by atoms with Gasteiger partial charge in [0, 0.05) is 6.42 Å². The molecule has 1 aromatic rings. The van der Waals surface area contributed by atoms with Gasteiger partial charge in [-0.1, -0.05) is 26.5 Å². The molecular weight excluding hydrogens is 240 g/mol. The van der Waals surface area contributed by atoms with Gasteiger partial charge in [0.1, 0.15) is 17.6 Å². The van der Waals surface area contributed by atoms with E-state index in [-0.39, 0.29) is 12.2 Å². The number of hydrogen-bond acceptors (Lipinski definition) is 3. The topological polar surface area (TPSA) is 38.7 Å². The van der Waals surface area contributed by atoms with Crippen LogP contribution < -0.4 is 9.47 Å². The average Bonchev–Trinajstić information content (AvgIpc) is 2.37. The minimum Gasteiger partial charge on any atom is -0.497 e. The van der Waals surface area contributed by atoms with Gasteiger partial charge in [0.05, 0.1) is 13.2 Å². The maximum atomic E-state index is 9.93. The monoisotopic (exact) mass is 264 g/mol. The molecule has 0 fully saturated rings. The van der Waals surface area contributed by atoms with Crippen LogP contribution in [0.4, 0.5) is 0 Å². The van der Waals surface area contributed by atoms with Gasteiger partial charge in [-0.3, -0.25) is 0 Å². The molecule has 2 atom stereocenters. The fraction of sp³-hybridized carbons (Fsp3) is 0.500. The quantitative estimate of drug-likeness (QED) is 0.731. The first kappa shape index (κ1) is 15.6. The van der Waals surface area contributed by atoms with Crippen LogP contribution in [0, 0.1) is 5.92 Å². The zero-order chi connectivity index (χ0) is 14.3. The highest BCUT2D eigenvalue weighted by atomic mass is 16.5. The first-order chi connectivity index (χ1) is 9.05. The van der Waals surface area contributed by atoms with Crippen molar-refractivity contribution in [2.24, 2.45) is 5.92 Å². The smallest absolute Gasteiger partial charge is 0.120 e. The molecule has 3 heteroatoms. The second-order valence-corrected chi connectivity index (χ2v) is 5.09. The van der Waals surface area contributed by atoms with Gasteiger partial charge in [-0.05, 0) is 36.6 Å². The summed E-state index contributed by atoms with van der Waals surface area (Å²) in [6.45, 7) is 7.95. The van der Waals surface area contributed by atoms with E-state index in [1.807, 2.05) is 24.3 Å². The first-order valence-electron chi connectivity index (χ1n) is 6.66. The van der Waals surface area contributed by atoms with Crippen LogP contribution in [0.1, 0.15) is 26.7 Å². The molecule has 1 N–H and O–H groups in total. The summed E-state index contributed by atoms with van der Waals surface area (Å²) in [5.41, 5.74) is 0. The van der Waals surface area contributed by atoms with Gasteiger partial charge < -0.3 is 14.6 Å². The molecular formula is C16H24O3. The molecule has 0 bridgehead atoms. The molecule has 0 aliphatic carbocycles. The number of ether oxygens (including phenoxy) is 2. The van der Waals surface area contributed by atoms with Crippen molar-refractivity contribution >= 4 is 0 Å². The Morgan fingerprint density at radius 2 is 1.74 bits per heavy atom. The Labute approximate surface area is 115 Å². The molecule has 0 aliphatic rings. The SMILES string of the molecule is C=C[C@H](C[C@H](O)CC(C)C)Oc1ccc(OC)cc1. The predicted molar refractivity (Wildman–Crippen MR) is 77.7 cm³/mol. The minimum absolute atomic E-state index is 0.179. The fourth-order valence-electron chi connectivity index (χ4n) is 1.93. The standard InChI is InChI=1S/C16H24O3/c1-5-14(11-13(17)10-12(2)3)19-16-8-6-15(18-4)7-9-16/h5-9,12-14,17H,1,10-11H2,2-4H3/t13-,14-/m1/s1. The molecule has 3 nitrogen and oxygen atoms in total. The van der Waals surface area contributed by atoms with E-state index in [0.29, 0.717) is 12.3 Å². The Kier molecular flexibility index (Phi) is 6.43. The second-order valence-electron chi connectivity index (χ2n) is 5.09. The number of methoxy groups -OCH3 is 1. The minimum atomic E-state index is -0.360. The summed E-state index contributed by atoms with van der Waals surface area (Å²) in [5.74, 6) is 2.02. The van der Waals surface area contributed by atoms with E-state index in [0.717, 1.165) is 17.9 Å². The van der Waals surface area contributed by atoms with Crippen LogP contribution in [0.5, 0.6) is 11.5 Å². The Balaban J connectivity index is 2.53. The molecule has 0 aromatic heterocycles. The second kappa shape index (κ2) is 7.85. The molecule has 0 amide bonds. The lowest BCUT2D eigenvalue weighted by Crippen LogP contribution is -2.22. The van der Waals surface area contributed by atoms with Crippen molar-refractivity contribution in [2.45, 2.75) is 38.9 Å². The molecule has 1 rings (SSSR count). The van der Waals surface area contributed by atoms with Crippen molar-refractivity contribution < 1.29 is 14.6 Å². The normalized spacial score (nSPS) is 13.9. The maximum absolute atomic E-state index is 9.93. The van der Waals surface area contributed by atoms with Gasteiger partial charge in [0.15, 0.2) is 0 Å². The summed E-state index contributed by atoms with van der Waals surface area (Å²) in [4.78, 5) is 0. The van der Waals surface area contributed by atoms with E-state index in [1.165, 1.54) is 0 Å². The maximum Gasteiger partial charge on any atom is 0.120 e. The third-order valence-electron chi connectivity index (χ3n) is 2.86. The van der Waals surface area contributed by atoms with Crippen LogP contribution in [-0.4, -0.2) is 24.4 Å². The van der Waals surface area contributed by atoms with Crippen LogP contribution in [0.2, 0.25) is 0 Å². The molecule has 0 aliphatic heterocycles. The van der Waals surface area contributed by atoms with Crippen LogP contribution in [0.15, 0.2) is 36.9 Å². The Bertz CT molecular complexity index is 370. The van der Waals surface area contributed by atoms with E-state index in [2.05, 4.69) is 20.4 Å². The number of aliphatic hydroxyl groups excluding tert-OH is 1. The average molecular weight is 264 g/mol. The molecule has 0 heterocycles. The zero-order valence-electron chi connectivity index (χ0n) is 12.0. The predicted octanol–water partition coefficient (Wildman–Crippen LogP) is 3.43. The molecule has 0 saturated carbocycles. The highest BCUT2D eigenvalue weighted by Crippen LogP contribution is 2.20. The third-order valence-corrected chi connectivity index (χ3v) is 2.86. The molecule has 0 radical (unpaired) electrons. The largest absolute Gasteiger partial charge is 0.497 e. The van der Waals surface area contributed by atoms with Gasteiger partial charge in [0.2, 0.25) is 0 Å². The summed E-state index contributed by atoms with van der Waals surface area (Å²) in [7, 11) is 1.63. The molecule has 0 spiro atoms. The zero-order valence-corrected chi connectivity index (χ0v) is 12.0. The molecule has 1 aromatic carbocycles. The third kappa shape index (κ3) is 5.79. The Morgan fingerprint density at radius 3 is 2.21 bits per heavy atom. The molecule has 19 heavy (non-hydrogen) atoms. The van der Waals surface area contributed by atoms with Crippen molar-refractivity contribution in [2.75, 3.05) is 7.11 Å². The number of rotatable bonds is 8. The summed E-state index contributed by atoms with van der Waals surface area (Å²) in [6.07, 6.45) is 2.53. The van der Waals surface area contributed by atoms with Gasteiger partial charge in [0.25, 0.3) is 0 Å². The van der Waals surface area contributed by atoms with Gasteiger partial charge in [-0.15, -0.1) is 0 Å². The summed E-state index contributed by atoms with van der Waals surface area (Å²) < 4.78 is 10.9. The van der Waals surface area contributed by atoms with Crippen molar-refractivity contribution in [1.29, 1.82) is 0 Å². The number of hydrogen-bond donors (Lipinski definition) is 1. The molecule has 0 unspecified atom stereocenters. The highest BCUT2D eigenvalue weighted by molar-refractivity contribution is 5.31. The van der Waals surface area contributed by atoms with E-state index >= 15 is 0 Å². The Morgan fingerprint density at radius 1 is 1.16 bits per heavy atom. The van der Waals surface area contributed by atoms with Crippen molar-refractivity contribution in [3.63, 3.8) is 0 Å². The molecule has 106 valence electrons. The summed E-state index contributed by atoms with van der Waals surface area (Å²) in [6, 6.07) is 7.40. The first-order valence-corrected chi connectivity index (χ1v) is 6.66. The van der Waals surface area contributed by atoms with Gasteiger partial charge >= 0.3 is 0 Å². The number of benzene rings is 1. The van der Waals surface area contributed by atoms with Crippen LogP contribution in [0.25, 0.3) is 0 Å². The van der Waals surface area contributed by atoms with Gasteiger partial charge in [-0.25, -0.2) is 0 Å². The van der Waals surface area contributed by atoms with Crippen LogP contribution in [0.3, 0.4) is 0 Å². The lowest BCUT2D eigenvalue weighted by Gasteiger charge is -2.20. The van der Waals surface area contributed by atoms with E-state index in [9.17, 15) is 5.11 Å². The summed E-state index contributed by atoms with van der Waals surface area (Å²) in [5, 5.41) is 9.93. The van der Waals surface area contributed by atoms with E-state index in [1.54, 1.807) is 13.2 Å². The number of aliphatic hydroxyl groups is 1. The molecule has 0 saturated heterocycles. The lowest BCUT2D eigenvalue weighted by molar-refractivity contribution is 0.0976. The van der Waals surface area contributed by atoms with Crippen LogP contribution in [-0.2, 0) is 0 Å². The van der Waals surface area contributed by atoms with E-state index < -0.39 is 0 Å². The van der Waals surface area contributed by atoms with Gasteiger partial charge in [-0.2, -0.15) is 0 Å². The Hall–Kier alpha value is -1.48. The lowest BCUT2D eigenvalue weighted by atomic mass is 10.0. The van der Waals surface area contributed by atoms with Crippen LogP contribution >= 0.6 is 0 Å². The highest BCUT2D eigenvalue weighted by Gasteiger charge is 2.14.